The number of hydrogen-bond donors (Lipinski definition) is 1. The van der Waals surface area contributed by atoms with Gasteiger partial charge in [-0.15, -0.1) is 0 Å². The number of rotatable bonds is 4. The molecule has 0 aromatic heterocycles. The van der Waals surface area contributed by atoms with E-state index in [0.717, 1.165) is 12.1 Å². The molecule has 0 spiro atoms. The fourth-order valence-corrected chi connectivity index (χ4v) is 3.12. The lowest BCUT2D eigenvalue weighted by Gasteiger charge is -2.10. The molecule has 0 unspecified atom stereocenters. The van der Waals surface area contributed by atoms with E-state index in [1.807, 2.05) is 0 Å². The Kier molecular flexibility index (Phi) is 3.90. The summed E-state index contributed by atoms with van der Waals surface area (Å²) in [6, 6.07) is 8.83. The lowest BCUT2D eigenvalue weighted by atomic mass is 10.2. The minimum Gasteiger partial charge on any atom is -0.273 e. The van der Waals surface area contributed by atoms with Crippen molar-refractivity contribution in [3.05, 3.63) is 64.0 Å². The second-order valence-electron chi connectivity index (χ2n) is 4.29. The molecular formula is C13H11FN2O4S. The number of hydrogen-bond acceptors (Lipinski definition) is 4. The van der Waals surface area contributed by atoms with Crippen LogP contribution in [-0.4, -0.2) is 13.3 Å². The van der Waals surface area contributed by atoms with Gasteiger partial charge in [-0.1, -0.05) is 18.2 Å². The van der Waals surface area contributed by atoms with Gasteiger partial charge in [0.25, 0.3) is 15.7 Å². The Morgan fingerprint density at radius 2 is 1.86 bits per heavy atom. The first kappa shape index (κ1) is 14.9. The quantitative estimate of drug-likeness (QED) is 0.694. The maximum Gasteiger partial charge on any atom is 0.296 e. The summed E-state index contributed by atoms with van der Waals surface area (Å²) in [5.74, 6) is -0.819. The average Bonchev–Trinajstić information content (AvgIpc) is 2.40. The number of sulfonamides is 1. The van der Waals surface area contributed by atoms with Crippen molar-refractivity contribution in [1.29, 1.82) is 0 Å². The van der Waals surface area contributed by atoms with Crippen molar-refractivity contribution < 1.29 is 17.7 Å². The van der Waals surface area contributed by atoms with E-state index >= 15 is 0 Å². The molecular weight excluding hydrogens is 299 g/mol. The summed E-state index contributed by atoms with van der Waals surface area (Å²) in [7, 11) is -3.99. The summed E-state index contributed by atoms with van der Waals surface area (Å²) in [6.07, 6.45) is 0. The molecule has 0 atom stereocenters. The lowest BCUT2D eigenvalue weighted by molar-refractivity contribution is -0.384. The van der Waals surface area contributed by atoms with E-state index in [2.05, 4.69) is 4.72 Å². The van der Waals surface area contributed by atoms with Gasteiger partial charge >= 0.3 is 0 Å². The molecule has 6 nitrogen and oxygen atoms in total. The molecule has 0 amide bonds. The number of benzene rings is 2. The highest BCUT2D eigenvalue weighted by atomic mass is 32.2. The highest BCUT2D eigenvalue weighted by molar-refractivity contribution is 7.92. The fraction of sp³-hybridized carbons (Fsp3) is 0.0769. The van der Waals surface area contributed by atoms with Crippen LogP contribution in [0.1, 0.15) is 5.56 Å². The van der Waals surface area contributed by atoms with Crippen molar-refractivity contribution in [3.63, 3.8) is 0 Å². The van der Waals surface area contributed by atoms with E-state index < -0.39 is 26.5 Å². The zero-order valence-electron chi connectivity index (χ0n) is 10.9. The molecule has 0 saturated carbocycles. The zero-order chi connectivity index (χ0) is 15.6. The molecule has 0 saturated heterocycles. The van der Waals surface area contributed by atoms with Crippen molar-refractivity contribution >= 4 is 21.4 Å². The zero-order valence-corrected chi connectivity index (χ0v) is 11.7. The third kappa shape index (κ3) is 3.16. The highest BCUT2D eigenvalue weighted by Gasteiger charge is 2.22. The standard InChI is InChI=1S/C13H11FN2O4S/c1-9-4-2-3-5-13(9)21(19,20)15-11-7-6-10(14)8-12(11)16(17)18/h2-8,15H,1H3. The van der Waals surface area contributed by atoms with Crippen LogP contribution in [0.15, 0.2) is 47.4 Å². The van der Waals surface area contributed by atoms with Crippen molar-refractivity contribution in [3.8, 4) is 0 Å². The van der Waals surface area contributed by atoms with Crippen LogP contribution in [0, 0.1) is 22.9 Å². The van der Waals surface area contributed by atoms with E-state index in [9.17, 15) is 22.9 Å². The fourth-order valence-electron chi connectivity index (χ4n) is 1.80. The van der Waals surface area contributed by atoms with Crippen molar-refractivity contribution in [1.82, 2.24) is 0 Å². The van der Waals surface area contributed by atoms with Gasteiger partial charge in [0, 0.05) is 0 Å². The molecule has 2 rings (SSSR count). The average molecular weight is 310 g/mol. The summed E-state index contributed by atoms with van der Waals surface area (Å²) < 4.78 is 39.7. The smallest absolute Gasteiger partial charge is 0.273 e. The molecule has 21 heavy (non-hydrogen) atoms. The van der Waals surface area contributed by atoms with Crippen molar-refractivity contribution in [2.24, 2.45) is 0 Å². The SMILES string of the molecule is Cc1ccccc1S(=O)(=O)Nc1ccc(F)cc1[N+](=O)[O-]. The van der Waals surface area contributed by atoms with Gasteiger partial charge in [-0.2, -0.15) is 0 Å². The molecule has 2 aromatic carbocycles. The monoisotopic (exact) mass is 310 g/mol. The van der Waals surface area contributed by atoms with Gasteiger partial charge in [0.15, 0.2) is 0 Å². The predicted octanol–water partition coefficient (Wildman–Crippen LogP) is 2.84. The third-order valence-electron chi connectivity index (χ3n) is 2.78. The lowest BCUT2D eigenvalue weighted by Crippen LogP contribution is -2.15. The van der Waals surface area contributed by atoms with E-state index in [-0.39, 0.29) is 10.6 Å². The van der Waals surface area contributed by atoms with Crippen LogP contribution >= 0.6 is 0 Å². The van der Waals surface area contributed by atoms with Crippen LogP contribution in [0.25, 0.3) is 0 Å². The number of anilines is 1. The van der Waals surface area contributed by atoms with Crippen LogP contribution in [0.3, 0.4) is 0 Å². The minimum atomic E-state index is -3.99. The van der Waals surface area contributed by atoms with E-state index in [1.165, 1.54) is 6.07 Å². The second kappa shape index (κ2) is 5.49. The van der Waals surface area contributed by atoms with Crippen LogP contribution in [0.5, 0.6) is 0 Å². The van der Waals surface area contributed by atoms with Gasteiger partial charge in [0.1, 0.15) is 11.5 Å². The van der Waals surface area contributed by atoms with Gasteiger partial charge in [-0.25, -0.2) is 12.8 Å². The normalized spacial score (nSPS) is 11.1. The Bertz CT molecular complexity index is 806. The van der Waals surface area contributed by atoms with E-state index in [4.69, 9.17) is 0 Å². The predicted molar refractivity (Wildman–Crippen MR) is 75.0 cm³/mol. The molecule has 0 radical (unpaired) electrons. The molecule has 8 heteroatoms. The topological polar surface area (TPSA) is 89.3 Å². The van der Waals surface area contributed by atoms with Crippen molar-refractivity contribution in [2.45, 2.75) is 11.8 Å². The maximum atomic E-state index is 13.0. The largest absolute Gasteiger partial charge is 0.296 e. The van der Waals surface area contributed by atoms with Crippen LogP contribution in [-0.2, 0) is 10.0 Å². The second-order valence-corrected chi connectivity index (χ2v) is 5.94. The Hall–Kier alpha value is -2.48. The summed E-state index contributed by atoms with van der Waals surface area (Å²) in [6.45, 7) is 1.60. The van der Waals surface area contributed by atoms with Gasteiger partial charge in [-0.3, -0.25) is 14.8 Å². The molecule has 2 aromatic rings. The van der Waals surface area contributed by atoms with E-state index in [1.54, 1.807) is 25.1 Å². The molecule has 1 N–H and O–H groups in total. The maximum absolute atomic E-state index is 13.0. The summed E-state index contributed by atoms with van der Waals surface area (Å²) >= 11 is 0. The Labute approximate surface area is 120 Å². The van der Waals surface area contributed by atoms with Gasteiger partial charge < -0.3 is 0 Å². The highest BCUT2D eigenvalue weighted by Crippen LogP contribution is 2.28. The summed E-state index contributed by atoms with van der Waals surface area (Å²) in [4.78, 5) is 10.0. The number of nitrogens with one attached hydrogen (secondary N) is 1. The first-order chi connectivity index (χ1) is 9.81. The number of halogens is 1. The molecule has 0 aliphatic heterocycles. The Morgan fingerprint density at radius 3 is 2.48 bits per heavy atom. The van der Waals surface area contributed by atoms with Crippen molar-refractivity contribution in [2.75, 3.05) is 4.72 Å². The number of nitrogens with zero attached hydrogens (tertiary/aromatic N) is 1. The van der Waals surface area contributed by atoms with Crippen LogP contribution < -0.4 is 4.72 Å². The molecule has 0 fully saturated rings. The molecule has 0 heterocycles. The Balaban J connectivity index is 2.47. The van der Waals surface area contributed by atoms with Gasteiger partial charge in [-0.05, 0) is 30.7 Å². The third-order valence-corrected chi connectivity index (χ3v) is 4.31. The van der Waals surface area contributed by atoms with Crippen LogP contribution in [0.2, 0.25) is 0 Å². The molecule has 110 valence electrons. The number of nitro benzene ring substituents is 1. The molecule has 0 bridgehead atoms. The molecule has 0 aliphatic rings. The van der Waals surface area contributed by atoms with Gasteiger partial charge in [0.05, 0.1) is 15.9 Å². The summed E-state index contributed by atoms with van der Waals surface area (Å²) in [5, 5.41) is 10.9. The number of aryl methyl sites for hydroxylation is 1. The first-order valence-corrected chi connectivity index (χ1v) is 7.32. The van der Waals surface area contributed by atoms with E-state index in [0.29, 0.717) is 11.6 Å². The number of nitro groups is 1. The molecule has 0 aliphatic carbocycles. The van der Waals surface area contributed by atoms with Crippen LogP contribution in [0.4, 0.5) is 15.8 Å². The Morgan fingerprint density at radius 1 is 1.19 bits per heavy atom. The van der Waals surface area contributed by atoms with Gasteiger partial charge in [0.2, 0.25) is 0 Å². The summed E-state index contributed by atoms with van der Waals surface area (Å²) in [5.41, 5.74) is -0.438. The minimum absolute atomic E-state index is 0.00335. The first-order valence-electron chi connectivity index (χ1n) is 5.83.